The second-order valence-electron chi connectivity index (χ2n) is 7.04. The van der Waals surface area contributed by atoms with Crippen LogP contribution in [0, 0.1) is 31.0 Å². The predicted molar refractivity (Wildman–Crippen MR) is 123 cm³/mol. The van der Waals surface area contributed by atoms with Crippen molar-refractivity contribution in [3.8, 4) is 11.8 Å². The standard InChI is InChI=1S/C25H20BrFN2O2/c1-16-6-7-17(2)23(10-16)29-25(30)20(14-28)12-19-13-21(26)8-9-24(19)31-15-18-4-3-5-22(27)11-18/h3-13H,15H2,1-2H3,(H,29,30)/b20-12+. The van der Waals surface area contributed by atoms with Crippen LogP contribution in [-0.2, 0) is 11.4 Å². The van der Waals surface area contributed by atoms with Gasteiger partial charge < -0.3 is 10.1 Å². The Morgan fingerprint density at radius 2 is 1.97 bits per heavy atom. The quantitative estimate of drug-likeness (QED) is 0.332. The second-order valence-corrected chi connectivity index (χ2v) is 7.96. The molecule has 0 atom stereocenters. The number of anilines is 1. The van der Waals surface area contributed by atoms with E-state index in [4.69, 9.17) is 4.74 Å². The summed E-state index contributed by atoms with van der Waals surface area (Å²) in [6, 6.07) is 19.1. The number of nitriles is 1. The molecule has 3 aromatic carbocycles. The molecule has 1 N–H and O–H groups in total. The largest absolute Gasteiger partial charge is 0.488 e. The van der Waals surface area contributed by atoms with Gasteiger partial charge in [-0.05, 0) is 73.0 Å². The third-order valence-corrected chi connectivity index (χ3v) is 5.05. The van der Waals surface area contributed by atoms with Gasteiger partial charge in [0.15, 0.2) is 0 Å². The Morgan fingerprint density at radius 1 is 1.16 bits per heavy atom. The highest BCUT2D eigenvalue weighted by atomic mass is 79.9. The zero-order valence-corrected chi connectivity index (χ0v) is 18.7. The van der Waals surface area contributed by atoms with Gasteiger partial charge in [0.2, 0.25) is 0 Å². The summed E-state index contributed by atoms with van der Waals surface area (Å²) in [5.41, 5.74) is 3.73. The van der Waals surface area contributed by atoms with E-state index in [0.29, 0.717) is 22.6 Å². The highest BCUT2D eigenvalue weighted by molar-refractivity contribution is 9.10. The number of carbonyl (C=O) groups excluding carboxylic acids is 1. The first-order valence-corrected chi connectivity index (χ1v) is 10.3. The van der Waals surface area contributed by atoms with Crippen LogP contribution in [0.3, 0.4) is 0 Å². The van der Waals surface area contributed by atoms with Crippen molar-refractivity contribution in [2.45, 2.75) is 20.5 Å². The van der Waals surface area contributed by atoms with Gasteiger partial charge in [0.05, 0.1) is 0 Å². The van der Waals surface area contributed by atoms with Gasteiger partial charge >= 0.3 is 0 Å². The third kappa shape index (κ3) is 6.03. The molecule has 0 aromatic heterocycles. The van der Waals surface area contributed by atoms with Crippen LogP contribution in [0.15, 0.2) is 70.7 Å². The number of nitrogens with one attached hydrogen (secondary N) is 1. The lowest BCUT2D eigenvalue weighted by atomic mass is 10.1. The molecule has 0 heterocycles. The Morgan fingerprint density at radius 3 is 2.71 bits per heavy atom. The lowest BCUT2D eigenvalue weighted by Gasteiger charge is -2.11. The van der Waals surface area contributed by atoms with Gasteiger partial charge in [0.25, 0.3) is 5.91 Å². The van der Waals surface area contributed by atoms with Gasteiger partial charge in [-0.3, -0.25) is 4.79 Å². The van der Waals surface area contributed by atoms with E-state index in [1.54, 1.807) is 30.3 Å². The van der Waals surface area contributed by atoms with Crippen molar-refractivity contribution in [3.05, 3.63) is 98.8 Å². The number of aryl methyl sites for hydroxylation is 2. The fourth-order valence-corrected chi connectivity index (χ4v) is 3.29. The first-order valence-electron chi connectivity index (χ1n) is 9.53. The molecule has 0 spiro atoms. The summed E-state index contributed by atoms with van der Waals surface area (Å²) in [5, 5.41) is 12.4. The van der Waals surface area contributed by atoms with Crippen LogP contribution in [0.4, 0.5) is 10.1 Å². The van der Waals surface area contributed by atoms with E-state index in [1.165, 1.54) is 18.2 Å². The Hall–Kier alpha value is -3.43. The molecule has 156 valence electrons. The minimum Gasteiger partial charge on any atom is -0.488 e. The summed E-state index contributed by atoms with van der Waals surface area (Å²) in [6.45, 7) is 3.97. The van der Waals surface area contributed by atoms with Crippen molar-refractivity contribution in [2.24, 2.45) is 0 Å². The van der Waals surface area contributed by atoms with Crippen molar-refractivity contribution < 1.29 is 13.9 Å². The SMILES string of the molecule is Cc1ccc(C)c(NC(=O)/C(C#N)=C/c2cc(Br)ccc2OCc2cccc(F)c2)c1. The van der Waals surface area contributed by atoms with E-state index in [0.717, 1.165) is 15.6 Å². The molecule has 0 fully saturated rings. The first-order chi connectivity index (χ1) is 14.9. The summed E-state index contributed by atoms with van der Waals surface area (Å²) in [6.07, 6.45) is 1.48. The van der Waals surface area contributed by atoms with Crippen LogP contribution in [0.1, 0.15) is 22.3 Å². The number of rotatable bonds is 6. The summed E-state index contributed by atoms with van der Waals surface area (Å²) in [7, 11) is 0. The molecule has 6 heteroatoms. The first kappa shape index (κ1) is 22.3. The summed E-state index contributed by atoms with van der Waals surface area (Å²) in [4.78, 5) is 12.7. The molecule has 0 aliphatic carbocycles. The van der Waals surface area contributed by atoms with Crippen LogP contribution in [0.5, 0.6) is 5.75 Å². The molecule has 0 saturated carbocycles. The van der Waals surface area contributed by atoms with E-state index in [1.807, 2.05) is 38.1 Å². The fourth-order valence-electron chi connectivity index (χ4n) is 2.92. The average molecular weight is 479 g/mol. The molecule has 0 aliphatic rings. The summed E-state index contributed by atoms with van der Waals surface area (Å²) in [5.74, 6) is -0.376. The van der Waals surface area contributed by atoms with Gasteiger partial charge in [-0.25, -0.2) is 4.39 Å². The number of halogens is 2. The average Bonchev–Trinajstić information content (AvgIpc) is 2.74. The molecule has 0 unspecified atom stereocenters. The van der Waals surface area contributed by atoms with Crippen molar-refractivity contribution >= 4 is 33.6 Å². The van der Waals surface area contributed by atoms with Gasteiger partial charge in [-0.15, -0.1) is 0 Å². The van der Waals surface area contributed by atoms with Crippen LogP contribution >= 0.6 is 15.9 Å². The Balaban J connectivity index is 1.85. The van der Waals surface area contributed by atoms with Crippen molar-refractivity contribution in [1.29, 1.82) is 5.26 Å². The smallest absolute Gasteiger partial charge is 0.266 e. The number of amides is 1. The van der Waals surface area contributed by atoms with Gasteiger partial charge in [0.1, 0.15) is 29.8 Å². The molecule has 3 rings (SSSR count). The maximum Gasteiger partial charge on any atom is 0.266 e. The number of benzene rings is 3. The number of hydrogen-bond donors (Lipinski definition) is 1. The zero-order valence-electron chi connectivity index (χ0n) is 17.1. The Bertz CT molecular complexity index is 1200. The highest BCUT2D eigenvalue weighted by Crippen LogP contribution is 2.27. The molecule has 3 aromatic rings. The lowest BCUT2D eigenvalue weighted by molar-refractivity contribution is -0.112. The lowest BCUT2D eigenvalue weighted by Crippen LogP contribution is -2.14. The number of carbonyl (C=O) groups is 1. The predicted octanol–water partition coefficient (Wildman–Crippen LogP) is 6.33. The summed E-state index contributed by atoms with van der Waals surface area (Å²) < 4.78 is 20.0. The van der Waals surface area contributed by atoms with Crippen LogP contribution in [0.2, 0.25) is 0 Å². The maximum atomic E-state index is 13.4. The molecule has 0 bridgehead atoms. The molecule has 4 nitrogen and oxygen atoms in total. The van der Waals surface area contributed by atoms with Crippen molar-refractivity contribution in [1.82, 2.24) is 0 Å². The number of nitrogens with zero attached hydrogens (tertiary/aromatic N) is 1. The minimum absolute atomic E-state index is 0.0605. The number of ether oxygens (including phenoxy) is 1. The van der Waals surface area contributed by atoms with Crippen molar-refractivity contribution in [3.63, 3.8) is 0 Å². The topological polar surface area (TPSA) is 62.1 Å². The molecule has 31 heavy (non-hydrogen) atoms. The molecular formula is C25H20BrFN2O2. The monoisotopic (exact) mass is 478 g/mol. The molecule has 0 radical (unpaired) electrons. The van der Waals surface area contributed by atoms with Crippen molar-refractivity contribution in [2.75, 3.05) is 5.32 Å². The normalized spacial score (nSPS) is 11.0. The highest BCUT2D eigenvalue weighted by Gasteiger charge is 2.13. The number of hydrogen-bond acceptors (Lipinski definition) is 3. The van der Waals surface area contributed by atoms with Crippen LogP contribution < -0.4 is 10.1 Å². The minimum atomic E-state index is -0.507. The van der Waals surface area contributed by atoms with E-state index in [9.17, 15) is 14.4 Å². The van der Waals surface area contributed by atoms with E-state index in [-0.39, 0.29) is 18.0 Å². The van der Waals surface area contributed by atoms with E-state index in [2.05, 4.69) is 21.2 Å². The summed E-state index contributed by atoms with van der Waals surface area (Å²) >= 11 is 3.40. The second kappa shape index (κ2) is 10.1. The maximum absolute atomic E-state index is 13.4. The fraction of sp³-hybridized carbons (Fsp3) is 0.120. The molecule has 0 saturated heterocycles. The van der Waals surface area contributed by atoms with Gasteiger partial charge in [-0.2, -0.15) is 5.26 Å². The molecule has 0 aliphatic heterocycles. The Kier molecular flexibility index (Phi) is 7.22. The van der Waals surface area contributed by atoms with Gasteiger partial charge in [-0.1, -0.05) is 40.2 Å². The molecule has 1 amide bonds. The van der Waals surface area contributed by atoms with Crippen LogP contribution in [-0.4, -0.2) is 5.91 Å². The van der Waals surface area contributed by atoms with Crippen LogP contribution in [0.25, 0.3) is 6.08 Å². The zero-order chi connectivity index (χ0) is 22.4. The third-order valence-electron chi connectivity index (χ3n) is 4.56. The van der Waals surface area contributed by atoms with E-state index >= 15 is 0 Å². The Labute approximate surface area is 189 Å². The van der Waals surface area contributed by atoms with Gasteiger partial charge in [0, 0.05) is 15.7 Å². The van der Waals surface area contributed by atoms with E-state index < -0.39 is 5.91 Å². The molecular weight excluding hydrogens is 459 g/mol.